The van der Waals surface area contributed by atoms with Crippen LogP contribution in [0.3, 0.4) is 0 Å². The van der Waals surface area contributed by atoms with Gasteiger partial charge in [-0.05, 0) is 48.2 Å². The van der Waals surface area contributed by atoms with E-state index in [1.54, 1.807) is 0 Å². The highest BCUT2D eigenvalue weighted by molar-refractivity contribution is 6.77. The van der Waals surface area contributed by atoms with Crippen LogP contribution in [0.2, 0.25) is 16.6 Å². The highest BCUT2D eigenvalue weighted by Crippen LogP contribution is 2.49. The van der Waals surface area contributed by atoms with Crippen LogP contribution in [0.5, 0.6) is 0 Å². The van der Waals surface area contributed by atoms with Crippen molar-refractivity contribution in [2.75, 3.05) is 13.2 Å². The van der Waals surface area contributed by atoms with Crippen LogP contribution in [0.4, 0.5) is 0 Å². The van der Waals surface area contributed by atoms with Gasteiger partial charge in [0, 0.05) is 13.2 Å². The smallest absolute Gasteiger partial charge is 0.200 e. The van der Waals surface area contributed by atoms with Gasteiger partial charge in [-0.2, -0.15) is 0 Å². The molecule has 0 unspecified atom stereocenters. The second kappa shape index (κ2) is 7.58. The van der Waals surface area contributed by atoms with E-state index in [0.29, 0.717) is 29.0 Å². The largest absolute Gasteiger partial charge is 0.416 e. The summed E-state index contributed by atoms with van der Waals surface area (Å²) in [7, 11) is -1.76. The first kappa shape index (κ1) is 19.1. The zero-order valence-corrected chi connectivity index (χ0v) is 15.9. The van der Waals surface area contributed by atoms with Crippen molar-refractivity contribution >= 4 is 8.32 Å². The Bertz CT molecular complexity index is 295. The average molecular weight is 317 g/mol. The predicted octanol–water partition coefficient (Wildman–Crippen LogP) is 4.09. The van der Waals surface area contributed by atoms with E-state index < -0.39 is 13.9 Å². The van der Waals surface area contributed by atoms with Gasteiger partial charge in [-0.25, -0.2) is 0 Å². The van der Waals surface area contributed by atoms with E-state index in [1.165, 1.54) is 0 Å². The van der Waals surface area contributed by atoms with E-state index in [2.05, 4.69) is 41.5 Å². The Morgan fingerprint density at radius 1 is 1.10 bits per heavy atom. The maximum atomic E-state index is 10.3. The monoisotopic (exact) mass is 316 g/mol. The molecule has 0 amide bonds. The molecule has 21 heavy (non-hydrogen) atoms. The zero-order valence-electron chi connectivity index (χ0n) is 14.9. The van der Waals surface area contributed by atoms with Crippen molar-refractivity contribution in [3.63, 3.8) is 0 Å². The molecule has 3 nitrogen and oxygen atoms in total. The first-order chi connectivity index (χ1) is 9.70. The SMILES string of the molecule is CC(C)[Si](OCC[C@@H]1C[C@]1(O)CCCO)(C(C)C)C(C)C. The molecule has 0 saturated heterocycles. The molecular weight excluding hydrogens is 280 g/mol. The molecule has 0 aromatic heterocycles. The van der Waals surface area contributed by atoms with Crippen molar-refractivity contribution in [3.05, 3.63) is 0 Å². The fourth-order valence-corrected chi connectivity index (χ4v) is 9.78. The van der Waals surface area contributed by atoms with E-state index in [-0.39, 0.29) is 6.61 Å². The minimum atomic E-state index is -1.76. The Kier molecular flexibility index (Phi) is 6.91. The molecule has 2 N–H and O–H groups in total. The summed E-state index contributed by atoms with van der Waals surface area (Å²) in [5.41, 5.74) is 1.34. The number of aliphatic hydroxyl groups is 2. The third kappa shape index (κ3) is 4.31. The molecule has 0 radical (unpaired) electrons. The van der Waals surface area contributed by atoms with Crippen LogP contribution < -0.4 is 0 Å². The van der Waals surface area contributed by atoms with Gasteiger partial charge < -0.3 is 14.6 Å². The first-order valence-corrected chi connectivity index (χ1v) is 10.8. The summed E-state index contributed by atoms with van der Waals surface area (Å²) in [5.74, 6) is 0.377. The second-order valence-electron chi connectivity index (χ2n) is 7.79. The van der Waals surface area contributed by atoms with Crippen LogP contribution in [-0.2, 0) is 4.43 Å². The van der Waals surface area contributed by atoms with Crippen LogP contribution in [0.25, 0.3) is 0 Å². The predicted molar refractivity (Wildman–Crippen MR) is 91.0 cm³/mol. The lowest BCUT2D eigenvalue weighted by molar-refractivity contribution is 0.103. The van der Waals surface area contributed by atoms with Crippen molar-refractivity contribution in [3.8, 4) is 0 Å². The second-order valence-corrected chi connectivity index (χ2v) is 13.2. The van der Waals surface area contributed by atoms with Gasteiger partial charge in [-0.1, -0.05) is 41.5 Å². The first-order valence-electron chi connectivity index (χ1n) is 8.68. The van der Waals surface area contributed by atoms with E-state index >= 15 is 0 Å². The molecule has 2 atom stereocenters. The average Bonchev–Trinajstić information content (AvgIpc) is 3.02. The lowest BCUT2D eigenvalue weighted by Crippen LogP contribution is -2.48. The molecule has 0 spiro atoms. The highest BCUT2D eigenvalue weighted by atomic mass is 28.4. The molecule has 0 aliphatic heterocycles. The molecule has 1 aliphatic rings. The summed E-state index contributed by atoms with van der Waals surface area (Å²) in [6.07, 6.45) is 3.28. The summed E-state index contributed by atoms with van der Waals surface area (Å²) in [4.78, 5) is 0. The Balaban J connectivity index is 2.49. The van der Waals surface area contributed by atoms with Crippen LogP contribution >= 0.6 is 0 Å². The van der Waals surface area contributed by atoms with Crippen LogP contribution in [0, 0.1) is 5.92 Å². The van der Waals surface area contributed by atoms with Crippen LogP contribution in [0.15, 0.2) is 0 Å². The van der Waals surface area contributed by atoms with Gasteiger partial charge in [-0.3, -0.25) is 0 Å². The summed E-state index contributed by atoms with van der Waals surface area (Å²) >= 11 is 0. The summed E-state index contributed by atoms with van der Waals surface area (Å²) in [5, 5.41) is 19.2. The number of aliphatic hydroxyl groups excluding tert-OH is 1. The van der Waals surface area contributed by atoms with Crippen molar-refractivity contribution in [2.45, 2.75) is 89.5 Å². The van der Waals surface area contributed by atoms with E-state index in [9.17, 15) is 5.11 Å². The Hall–Kier alpha value is 0.0969. The fourth-order valence-electron chi connectivity index (χ4n) is 4.31. The molecule has 126 valence electrons. The minimum absolute atomic E-state index is 0.176. The van der Waals surface area contributed by atoms with E-state index in [4.69, 9.17) is 9.53 Å². The van der Waals surface area contributed by atoms with Crippen molar-refractivity contribution in [1.29, 1.82) is 0 Å². The minimum Gasteiger partial charge on any atom is -0.416 e. The normalized spacial score (nSPS) is 26.1. The summed E-state index contributed by atoms with van der Waals surface area (Å²) in [6.45, 7) is 14.8. The standard InChI is InChI=1S/C17H36O3Si/c1-13(2)21(14(3)4,15(5)6)20-11-8-16-12-17(16,19)9-7-10-18/h13-16,18-19H,7-12H2,1-6H3/t16-,17-/m1/s1. The van der Waals surface area contributed by atoms with E-state index in [1.807, 2.05) is 0 Å². The Labute approximate surface area is 132 Å². The molecule has 1 saturated carbocycles. The van der Waals surface area contributed by atoms with Gasteiger partial charge in [-0.15, -0.1) is 0 Å². The lowest BCUT2D eigenvalue weighted by atomic mass is 10.1. The fraction of sp³-hybridized carbons (Fsp3) is 1.00. The third-order valence-corrected chi connectivity index (χ3v) is 11.6. The maximum Gasteiger partial charge on any atom is 0.200 e. The molecule has 1 aliphatic carbocycles. The van der Waals surface area contributed by atoms with Crippen molar-refractivity contribution in [1.82, 2.24) is 0 Å². The molecule has 0 bridgehead atoms. The number of hydrogen-bond donors (Lipinski definition) is 2. The Morgan fingerprint density at radius 3 is 2.05 bits per heavy atom. The molecule has 1 fully saturated rings. The molecule has 4 heteroatoms. The van der Waals surface area contributed by atoms with Gasteiger partial charge in [0.25, 0.3) is 0 Å². The molecular formula is C17H36O3Si. The van der Waals surface area contributed by atoms with Crippen molar-refractivity contribution in [2.24, 2.45) is 5.92 Å². The van der Waals surface area contributed by atoms with Gasteiger partial charge >= 0.3 is 0 Å². The topological polar surface area (TPSA) is 49.7 Å². The maximum absolute atomic E-state index is 10.3. The third-order valence-electron chi connectivity index (χ3n) is 5.49. The van der Waals surface area contributed by atoms with Crippen LogP contribution in [0.1, 0.15) is 67.2 Å². The van der Waals surface area contributed by atoms with Gasteiger partial charge in [0.1, 0.15) is 0 Å². The zero-order chi connectivity index (χ0) is 16.3. The van der Waals surface area contributed by atoms with Gasteiger partial charge in [0.2, 0.25) is 0 Å². The van der Waals surface area contributed by atoms with Gasteiger partial charge in [0.15, 0.2) is 8.32 Å². The summed E-state index contributed by atoms with van der Waals surface area (Å²) in [6, 6.07) is 0. The molecule has 0 aromatic rings. The number of rotatable bonds is 10. The lowest BCUT2D eigenvalue weighted by Gasteiger charge is -2.42. The number of hydrogen-bond acceptors (Lipinski definition) is 3. The van der Waals surface area contributed by atoms with Crippen LogP contribution in [-0.4, -0.2) is 37.3 Å². The quantitative estimate of drug-likeness (QED) is 0.597. The molecule has 0 aromatic carbocycles. The molecule has 0 heterocycles. The summed E-state index contributed by atoms with van der Waals surface area (Å²) < 4.78 is 6.54. The molecule has 1 rings (SSSR count). The van der Waals surface area contributed by atoms with Crippen molar-refractivity contribution < 1.29 is 14.6 Å². The van der Waals surface area contributed by atoms with Gasteiger partial charge in [0.05, 0.1) is 5.60 Å². The Morgan fingerprint density at radius 2 is 1.62 bits per heavy atom. The highest BCUT2D eigenvalue weighted by Gasteiger charge is 2.52. The van der Waals surface area contributed by atoms with E-state index in [0.717, 1.165) is 25.9 Å².